The molecule has 1 aromatic rings. The number of rotatable bonds is 2. The van der Waals surface area contributed by atoms with Crippen molar-refractivity contribution >= 4 is 11.8 Å². The van der Waals surface area contributed by atoms with Crippen molar-refractivity contribution in [3.05, 3.63) is 29.8 Å². The monoisotopic (exact) mass is 207 g/mol. The van der Waals surface area contributed by atoms with E-state index in [1.807, 2.05) is 11.8 Å². The minimum atomic E-state index is 0.769. The van der Waals surface area contributed by atoms with Gasteiger partial charge in [0.1, 0.15) is 0 Å². The zero-order valence-corrected chi connectivity index (χ0v) is 9.44. The van der Waals surface area contributed by atoms with Gasteiger partial charge in [0.25, 0.3) is 0 Å². The smallest absolute Gasteiger partial charge is 0.0220 e. The highest BCUT2D eigenvalue weighted by molar-refractivity contribution is 8.00. The number of thioether (sulfide) groups is 1. The van der Waals surface area contributed by atoms with Crippen LogP contribution < -0.4 is 5.32 Å². The maximum Gasteiger partial charge on any atom is 0.0220 e. The summed E-state index contributed by atoms with van der Waals surface area (Å²) in [6, 6.07) is 8.79. The van der Waals surface area contributed by atoms with Crippen LogP contribution in [-0.4, -0.2) is 18.3 Å². The van der Waals surface area contributed by atoms with Crippen LogP contribution in [-0.2, 0) is 0 Å². The van der Waals surface area contributed by atoms with Crippen LogP contribution >= 0.6 is 11.8 Å². The van der Waals surface area contributed by atoms with Gasteiger partial charge in [-0.05, 0) is 38.4 Å². The van der Waals surface area contributed by atoms with E-state index in [9.17, 15) is 0 Å². The van der Waals surface area contributed by atoms with Crippen LogP contribution in [0.5, 0.6) is 0 Å². The van der Waals surface area contributed by atoms with Gasteiger partial charge in [0.05, 0.1) is 0 Å². The van der Waals surface area contributed by atoms with Gasteiger partial charge in [-0.1, -0.05) is 17.7 Å². The van der Waals surface area contributed by atoms with Gasteiger partial charge in [-0.15, -0.1) is 11.8 Å². The van der Waals surface area contributed by atoms with E-state index in [1.165, 1.54) is 36.4 Å². The first-order valence-corrected chi connectivity index (χ1v) is 6.16. The van der Waals surface area contributed by atoms with Gasteiger partial charge in [-0.2, -0.15) is 0 Å². The van der Waals surface area contributed by atoms with Crippen molar-refractivity contribution in [2.45, 2.75) is 29.9 Å². The predicted octanol–water partition coefficient (Wildman–Crippen LogP) is 2.84. The van der Waals surface area contributed by atoms with Gasteiger partial charge in [0, 0.05) is 16.7 Å². The Morgan fingerprint density at radius 1 is 1.43 bits per heavy atom. The Morgan fingerprint density at radius 3 is 3.07 bits per heavy atom. The third-order valence-corrected chi connectivity index (χ3v) is 3.81. The van der Waals surface area contributed by atoms with Crippen molar-refractivity contribution in [3.8, 4) is 0 Å². The molecule has 76 valence electrons. The minimum Gasteiger partial charge on any atom is -0.316 e. The second kappa shape index (κ2) is 4.85. The Morgan fingerprint density at radius 2 is 2.36 bits per heavy atom. The van der Waals surface area contributed by atoms with Crippen molar-refractivity contribution in [3.63, 3.8) is 0 Å². The second-order valence-electron chi connectivity index (χ2n) is 3.90. The van der Waals surface area contributed by atoms with E-state index in [0.29, 0.717) is 0 Å². The summed E-state index contributed by atoms with van der Waals surface area (Å²) in [5.41, 5.74) is 1.36. The van der Waals surface area contributed by atoms with Crippen LogP contribution in [0.2, 0.25) is 0 Å². The summed E-state index contributed by atoms with van der Waals surface area (Å²) in [5.74, 6) is 0. The molecule has 1 aliphatic rings. The van der Waals surface area contributed by atoms with E-state index in [4.69, 9.17) is 0 Å². The lowest BCUT2D eigenvalue weighted by molar-refractivity contribution is 0.531. The van der Waals surface area contributed by atoms with Crippen LogP contribution in [0, 0.1) is 6.92 Å². The number of nitrogens with one attached hydrogen (secondary N) is 1. The van der Waals surface area contributed by atoms with Crippen LogP contribution in [0.4, 0.5) is 0 Å². The molecule has 2 heteroatoms. The van der Waals surface area contributed by atoms with Crippen LogP contribution in [0.3, 0.4) is 0 Å². The maximum absolute atomic E-state index is 3.45. The molecule has 1 aliphatic heterocycles. The Hall–Kier alpha value is -0.470. The molecule has 0 aliphatic carbocycles. The summed E-state index contributed by atoms with van der Waals surface area (Å²) in [6.07, 6.45) is 2.68. The topological polar surface area (TPSA) is 12.0 Å². The number of benzene rings is 1. The number of hydrogen-bond donors (Lipinski definition) is 1. The van der Waals surface area contributed by atoms with Gasteiger partial charge >= 0.3 is 0 Å². The number of hydrogen-bond acceptors (Lipinski definition) is 2. The molecule has 1 N–H and O–H groups in total. The summed E-state index contributed by atoms with van der Waals surface area (Å²) in [4.78, 5) is 1.42. The lowest BCUT2D eigenvalue weighted by Crippen LogP contribution is -2.31. The van der Waals surface area contributed by atoms with Gasteiger partial charge in [-0.3, -0.25) is 0 Å². The summed E-state index contributed by atoms with van der Waals surface area (Å²) in [6.45, 7) is 4.52. The first-order chi connectivity index (χ1) is 6.84. The van der Waals surface area contributed by atoms with Crippen molar-refractivity contribution in [1.29, 1.82) is 0 Å². The molecule has 1 fully saturated rings. The lowest BCUT2D eigenvalue weighted by Gasteiger charge is -2.22. The molecule has 1 atom stereocenters. The highest BCUT2D eigenvalue weighted by Crippen LogP contribution is 2.27. The summed E-state index contributed by atoms with van der Waals surface area (Å²) >= 11 is 2.02. The summed E-state index contributed by atoms with van der Waals surface area (Å²) < 4.78 is 0. The molecule has 1 saturated heterocycles. The highest BCUT2D eigenvalue weighted by Gasteiger charge is 2.13. The zero-order chi connectivity index (χ0) is 9.80. The standard InChI is InChI=1S/C12H17NS/c1-10-4-2-5-11(8-10)14-12-6-3-7-13-9-12/h2,4-5,8,12-13H,3,6-7,9H2,1H3. The molecule has 0 spiro atoms. The molecule has 2 rings (SSSR count). The fourth-order valence-corrected chi connectivity index (χ4v) is 3.08. The molecular formula is C12H17NS. The third-order valence-electron chi connectivity index (χ3n) is 2.54. The molecule has 0 aromatic heterocycles. The van der Waals surface area contributed by atoms with E-state index in [0.717, 1.165) is 5.25 Å². The first kappa shape index (κ1) is 10.1. The maximum atomic E-state index is 3.45. The molecule has 1 heterocycles. The minimum absolute atomic E-state index is 0.769. The Labute approximate surface area is 90.3 Å². The molecular weight excluding hydrogens is 190 g/mol. The molecule has 14 heavy (non-hydrogen) atoms. The van der Waals surface area contributed by atoms with E-state index in [1.54, 1.807) is 0 Å². The van der Waals surface area contributed by atoms with Crippen molar-refractivity contribution < 1.29 is 0 Å². The third kappa shape index (κ3) is 2.76. The number of aryl methyl sites for hydroxylation is 1. The van der Waals surface area contributed by atoms with E-state index < -0.39 is 0 Å². The SMILES string of the molecule is Cc1cccc(SC2CCCNC2)c1. The molecule has 0 radical (unpaired) electrons. The normalized spacial score (nSPS) is 22.2. The molecule has 0 saturated carbocycles. The average Bonchev–Trinajstić information content (AvgIpc) is 2.19. The Kier molecular flexibility index (Phi) is 3.49. The van der Waals surface area contributed by atoms with Crippen molar-refractivity contribution in [2.24, 2.45) is 0 Å². The highest BCUT2D eigenvalue weighted by atomic mass is 32.2. The molecule has 1 aromatic carbocycles. The second-order valence-corrected chi connectivity index (χ2v) is 5.28. The molecule has 1 nitrogen and oxygen atoms in total. The van der Waals surface area contributed by atoms with E-state index >= 15 is 0 Å². The summed E-state index contributed by atoms with van der Waals surface area (Å²) in [7, 11) is 0. The van der Waals surface area contributed by atoms with Crippen molar-refractivity contribution in [2.75, 3.05) is 13.1 Å². The average molecular weight is 207 g/mol. The van der Waals surface area contributed by atoms with Crippen LogP contribution in [0.25, 0.3) is 0 Å². The molecule has 0 bridgehead atoms. The quantitative estimate of drug-likeness (QED) is 0.800. The fraction of sp³-hybridized carbons (Fsp3) is 0.500. The van der Waals surface area contributed by atoms with E-state index in [2.05, 4.69) is 36.5 Å². The zero-order valence-electron chi connectivity index (χ0n) is 8.62. The molecule has 0 amide bonds. The largest absolute Gasteiger partial charge is 0.316 e. The van der Waals surface area contributed by atoms with Crippen molar-refractivity contribution in [1.82, 2.24) is 5.32 Å². The van der Waals surface area contributed by atoms with Crippen LogP contribution in [0.15, 0.2) is 29.2 Å². The van der Waals surface area contributed by atoms with Crippen LogP contribution in [0.1, 0.15) is 18.4 Å². The Balaban J connectivity index is 1.95. The van der Waals surface area contributed by atoms with Gasteiger partial charge in [-0.25, -0.2) is 0 Å². The van der Waals surface area contributed by atoms with E-state index in [-0.39, 0.29) is 0 Å². The van der Waals surface area contributed by atoms with Gasteiger partial charge < -0.3 is 5.32 Å². The fourth-order valence-electron chi connectivity index (χ4n) is 1.80. The Bertz CT molecular complexity index is 292. The lowest BCUT2D eigenvalue weighted by atomic mass is 10.2. The molecule has 1 unspecified atom stereocenters. The summed E-state index contributed by atoms with van der Waals surface area (Å²) in [5, 5.41) is 4.22. The number of piperidine rings is 1. The first-order valence-electron chi connectivity index (χ1n) is 5.28. The predicted molar refractivity (Wildman–Crippen MR) is 62.9 cm³/mol. The van der Waals surface area contributed by atoms with Gasteiger partial charge in [0.15, 0.2) is 0 Å². The van der Waals surface area contributed by atoms with Gasteiger partial charge in [0.2, 0.25) is 0 Å².